The van der Waals surface area contributed by atoms with Crippen molar-refractivity contribution < 1.29 is 9.53 Å². The number of hydrogen-bond acceptors (Lipinski definition) is 5. The summed E-state index contributed by atoms with van der Waals surface area (Å²) < 4.78 is 5.79. The zero-order chi connectivity index (χ0) is 15.6. The Labute approximate surface area is 143 Å². The molecular weight excluding hydrogens is 330 g/mol. The molecule has 2 aliphatic rings. The van der Waals surface area contributed by atoms with E-state index in [2.05, 4.69) is 16.4 Å². The Morgan fingerprint density at radius 1 is 1.39 bits per heavy atom. The minimum atomic E-state index is -0.0686. The SMILES string of the molecule is O=C(Nc1nc2c(s1)CCCC2)N1CCO[C@@H](c2cccs2)C1. The lowest BCUT2D eigenvalue weighted by atomic mass is 10.0. The average Bonchev–Trinajstić information content (AvgIpc) is 3.24. The van der Waals surface area contributed by atoms with Crippen LogP contribution in [0.1, 0.15) is 34.4 Å². The number of nitrogens with zero attached hydrogens (tertiary/aromatic N) is 2. The van der Waals surface area contributed by atoms with Crippen LogP contribution in [0, 0.1) is 0 Å². The van der Waals surface area contributed by atoms with Crippen molar-refractivity contribution in [1.29, 1.82) is 0 Å². The molecule has 1 aliphatic carbocycles. The average molecular weight is 349 g/mol. The number of fused-ring (bicyclic) bond motifs is 1. The third-order valence-electron chi connectivity index (χ3n) is 4.27. The Morgan fingerprint density at radius 2 is 2.30 bits per heavy atom. The molecule has 122 valence electrons. The predicted octanol–water partition coefficient (Wildman–Crippen LogP) is 3.69. The van der Waals surface area contributed by atoms with Gasteiger partial charge in [0.05, 0.1) is 18.8 Å². The van der Waals surface area contributed by atoms with Crippen molar-refractivity contribution in [3.8, 4) is 0 Å². The Bertz CT molecular complexity index is 660. The fourth-order valence-corrected chi connectivity index (χ4v) is 4.86. The van der Waals surface area contributed by atoms with Gasteiger partial charge in [0.2, 0.25) is 0 Å². The first-order chi connectivity index (χ1) is 11.3. The summed E-state index contributed by atoms with van der Waals surface area (Å²) in [5.41, 5.74) is 1.18. The smallest absolute Gasteiger partial charge is 0.323 e. The number of carbonyl (C=O) groups is 1. The van der Waals surface area contributed by atoms with E-state index in [4.69, 9.17) is 4.74 Å². The highest BCUT2D eigenvalue weighted by Crippen LogP contribution is 2.30. The number of ether oxygens (including phenoxy) is 1. The van der Waals surface area contributed by atoms with E-state index in [1.165, 1.54) is 28.3 Å². The summed E-state index contributed by atoms with van der Waals surface area (Å²) in [4.78, 5) is 21.4. The van der Waals surface area contributed by atoms with Crippen LogP contribution in [0.15, 0.2) is 17.5 Å². The van der Waals surface area contributed by atoms with E-state index in [1.807, 2.05) is 16.3 Å². The first-order valence-corrected chi connectivity index (χ1v) is 9.69. The van der Waals surface area contributed by atoms with E-state index in [0.29, 0.717) is 19.7 Å². The number of urea groups is 1. The maximum absolute atomic E-state index is 12.5. The molecule has 1 N–H and O–H groups in total. The number of rotatable bonds is 2. The maximum Gasteiger partial charge on any atom is 0.323 e. The van der Waals surface area contributed by atoms with Gasteiger partial charge in [0.25, 0.3) is 0 Å². The molecule has 23 heavy (non-hydrogen) atoms. The monoisotopic (exact) mass is 349 g/mol. The van der Waals surface area contributed by atoms with Gasteiger partial charge in [-0.3, -0.25) is 5.32 Å². The topological polar surface area (TPSA) is 54.5 Å². The van der Waals surface area contributed by atoms with Crippen LogP contribution in [0.3, 0.4) is 0 Å². The number of anilines is 1. The number of amides is 2. The van der Waals surface area contributed by atoms with Crippen LogP contribution < -0.4 is 5.32 Å². The molecule has 1 atom stereocenters. The molecule has 0 unspecified atom stereocenters. The fourth-order valence-electron chi connectivity index (χ4n) is 3.06. The van der Waals surface area contributed by atoms with E-state index in [0.717, 1.165) is 18.0 Å². The molecule has 1 aliphatic heterocycles. The lowest BCUT2D eigenvalue weighted by molar-refractivity contribution is -0.0115. The summed E-state index contributed by atoms with van der Waals surface area (Å²) >= 11 is 3.30. The number of hydrogen-bond donors (Lipinski definition) is 1. The number of thiophene rings is 1. The number of nitrogens with one attached hydrogen (secondary N) is 1. The number of thiazole rings is 1. The van der Waals surface area contributed by atoms with Gasteiger partial charge in [-0.05, 0) is 37.1 Å². The minimum Gasteiger partial charge on any atom is -0.369 e. The summed E-state index contributed by atoms with van der Waals surface area (Å²) in [5.74, 6) is 0. The molecule has 0 spiro atoms. The van der Waals surface area contributed by atoms with Crippen LogP contribution in [-0.2, 0) is 17.6 Å². The van der Waals surface area contributed by atoms with E-state index < -0.39 is 0 Å². The van der Waals surface area contributed by atoms with Gasteiger partial charge in [0, 0.05) is 16.3 Å². The van der Waals surface area contributed by atoms with Gasteiger partial charge in [-0.25, -0.2) is 9.78 Å². The molecule has 0 saturated carbocycles. The van der Waals surface area contributed by atoms with Crippen molar-refractivity contribution in [2.75, 3.05) is 25.0 Å². The first-order valence-electron chi connectivity index (χ1n) is 7.99. The molecule has 0 radical (unpaired) electrons. The Balaban J connectivity index is 1.41. The summed E-state index contributed by atoms with van der Waals surface area (Å²) in [5, 5.41) is 5.75. The minimum absolute atomic E-state index is 0.0148. The van der Waals surface area contributed by atoms with Crippen LogP contribution in [-0.4, -0.2) is 35.6 Å². The van der Waals surface area contributed by atoms with Crippen LogP contribution in [0.5, 0.6) is 0 Å². The summed E-state index contributed by atoms with van der Waals surface area (Å²) in [6.07, 6.45) is 4.56. The van der Waals surface area contributed by atoms with E-state index in [-0.39, 0.29) is 12.1 Å². The Kier molecular flexibility index (Phi) is 4.33. The highest BCUT2D eigenvalue weighted by molar-refractivity contribution is 7.15. The molecule has 2 aromatic rings. The first kappa shape index (κ1) is 15.1. The lowest BCUT2D eigenvalue weighted by Gasteiger charge is -2.32. The van der Waals surface area contributed by atoms with Crippen LogP contribution in [0.2, 0.25) is 0 Å². The third kappa shape index (κ3) is 3.27. The molecule has 0 bridgehead atoms. The van der Waals surface area contributed by atoms with Gasteiger partial charge in [0.1, 0.15) is 6.10 Å². The van der Waals surface area contributed by atoms with E-state index in [1.54, 1.807) is 22.7 Å². The molecule has 5 nitrogen and oxygen atoms in total. The second-order valence-corrected chi connectivity index (χ2v) is 7.91. The van der Waals surface area contributed by atoms with Gasteiger partial charge in [-0.2, -0.15) is 0 Å². The summed E-state index contributed by atoms with van der Waals surface area (Å²) in [7, 11) is 0. The third-order valence-corrected chi connectivity index (χ3v) is 6.31. The van der Waals surface area contributed by atoms with Gasteiger partial charge >= 0.3 is 6.03 Å². The number of morpholine rings is 1. The second-order valence-electron chi connectivity index (χ2n) is 5.85. The molecular formula is C16H19N3O2S2. The molecule has 3 heterocycles. The van der Waals surface area contributed by atoms with Gasteiger partial charge in [-0.1, -0.05) is 6.07 Å². The van der Waals surface area contributed by atoms with Crippen LogP contribution in [0.25, 0.3) is 0 Å². The lowest BCUT2D eigenvalue weighted by Crippen LogP contribution is -2.44. The zero-order valence-corrected chi connectivity index (χ0v) is 14.4. The number of aryl methyl sites for hydroxylation is 2. The Morgan fingerprint density at radius 3 is 3.13 bits per heavy atom. The molecule has 1 saturated heterocycles. The number of carbonyl (C=O) groups excluding carboxylic acids is 1. The largest absolute Gasteiger partial charge is 0.369 e. The standard InChI is InChI=1S/C16H19N3O2S2/c20-16(18-15-17-11-4-1-2-5-13(11)23-15)19-7-8-21-12(10-19)14-6-3-9-22-14/h3,6,9,12H,1-2,4-5,7-8,10H2,(H,17,18,20)/t12-/m1/s1. The van der Waals surface area contributed by atoms with Crippen LogP contribution >= 0.6 is 22.7 Å². The van der Waals surface area contributed by atoms with Crippen molar-refractivity contribution in [3.05, 3.63) is 33.0 Å². The van der Waals surface area contributed by atoms with Crippen molar-refractivity contribution >= 4 is 33.8 Å². The molecule has 2 aromatic heterocycles. The predicted molar refractivity (Wildman–Crippen MR) is 92.4 cm³/mol. The second kappa shape index (κ2) is 6.59. The fraction of sp³-hybridized carbons (Fsp3) is 0.500. The van der Waals surface area contributed by atoms with E-state index in [9.17, 15) is 4.79 Å². The number of aromatic nitrogens is 1. The van der Waals surface area contributed by atoms with Gasteiger partial charge in [0.15, 0.2) is 5.13 Å². The molecule has 4 rings (SSSR count). The van der Waals surface area contributed by atoms with Crippen molar-refractivity contribution in [1.82, 2.24) is 9.88 Å². The maximum atomic E-state index is 12.5. The highest BCUT2D eigenvalue weighted by Gasteiger charge is 2.27. The molecule has 1 fully saturated rings. The Hall–Kier alpha value is -1.44. The highest BCUT2D eigenvalue weighted by atomic mass is 32.1. The van der Waals surface area contributed by atoms with Gasteiger partial charge in [-0.15, -0.1) is 22.7 Å². The van der Waals surface area contributed by atoms with Gasteiger partial charge < -0.3 is 9.64 Å². The summed E-state index contributed by atoms with van der Waals surface area (Å²) in [6, 6.07) is 4.01. The molecule has 7 heteroatoms. The quantitative estimate of drug-likeness (QED) is 0.900. The van der Waals surface area contributed by atoms with E-state index >= 15 is 0 Å². The van der Waals surface area contributed by atoms with Crippen molar-refractivity contribution in [2.45, 2.75) is 31.8 Å². The van der Waals surface area contributed by atoms with Crippen molar-refractivity contribution in [3.63, 3.8) is 0 Å². The summed E-state index contributed by atoms with van der Waals surface area (Å²) in [6.45, 7) is 1.79. The molecule has 2 amide bonds. The van der Waals surface area contributed by atoms with Crippen molar-refractivity contribution in [2.24, 2.45) is 0 Å². The molecule has 0 aromatic carbocycles. The zero-order valence-electron chi connectivity index (χ0n) is 12.8. The van der Waals surface area contributed by atoms with Crippen LogP contribution in [0.4, 0.5) is 9.93 Å². The normalized spacial score (nSPS) is 21.0.